The quantitative estimate of drug-likeness (QED) is 0.855. The van der Waals surface area contributed by atoms with E-state index >= 15 is 0 Å². The number of urea groups is 1. The Morgan fingerprint density at radius 3 is 2.90 bits per heavy atom. The lowest BCUT2D eigenvalue weighted by Gasteiger charge is -2.25. The van der Waals surface area contributed by atoms with E-state index in [4.69, 9.17) is 0 Å². The highest BCUT2D eigenvalue weighted by Crippen LogP contribution is 2.16. The molecule has 112 valence electrons. The molecule has 0 unspecified atom stereocenters. The smallest absolute Gasteiger partial charge is 0.317 e. The lowest BCUT2D eigenvalue weighted by Crippen LogP contribution is -2.48. The Kier molecular flexibility index (Phi) is 4.32. The van der Waals surface area contributed by atoms with Crippen LogP contribution in [0.15, 0.2) is 18.5 Å². The zero-order valence-electron chi connectivity index (χ0n) is 11.7. The van der Waals surface area contributed by atoms with Crippen molar-refractivity contribution in [2.45, 2.75) is 32.0 Å². The van der Waals surface area contributed by atoms with Gasteiger partial charge in [-0.1, -0.05) is 0 Å². The molecule has 1 aromatic heterocycles. The Morgan fingerprint density at radius 2 is 2.35 bits per heavy atom. The molecule has 1 aliphatic rings. The van der Waals surface area contributed by atoms with Gasteiger partial charge >= 0.3 is 6.03 Å². The number of rotatable bonds is 4. The molecule has 0 aromatic carbocycles. The third-order valence-corrected chi connectivity index (χ3v) is 5.22. The largest absolute Gasteiger partial charge is 0.334 e. The van der Waals surface area contributed by atoms with Gasteiger partial charge in [-0.15, -0.1) is 0 Å². The molecule has 0 aliphatic carbocycles. The highest BCUT2D eigenvalue weighted by atomic mass is 32.2. The van der Waals surface area contributed by atoms with Crippen molar-refractivity contribution < 1.29 is 13.2 Å². The monoisotopic (exact) mass is 300 g/mol. The fraction of sp³-hybridized carbons (Fsp3) is 0.667. The summed E-state index contributed by atoms with van der Waals surface area (Å²) in [7, 11) is -1.34. The highest BCUT2D eigenvalue weighted by molar-refractivity contribution is 7.91. The zero-order chi connectivity index (χ0) is 14.8. The van der Waals surface area contributed by atoms with Crippen molar-refractivity contribution in [1.82, 2.24) is 20.0 Å². The molecular formula is C12H20N4O3S. The molecule has 7 nitrogen and oxygen atoms in total. The molecule has 2 atom stereocenters. The third-order valence-electron chi connectivity index (χ3n) is 3.47. The van der Waals surface area contributed by atoms with Gasteiger partial charge in [0.15, 0.2) is 9.84 Å². The van der Waals surface area contributed by atoms with Crippen molar-refractivity contribution in [2.75, 3.05) is 18.6 Å². The Balaban J connectivity index is 1.85. The molecular weight excluding hydrogens is 280 g/mol. The van der Waals surface area contributed by atoms with Crippen molar-refractivity contribution in [2.24, 2.45) is 0 Å². The van der Waals surface area contributed by atoms with E-state index in [2.05, 4.69) is 10.4 Å². The molecule has 2 rings (SSSR count). The summed E-state index contributed by atoms with van der Waals surface area (Å²) < 4.78 is 24.6. The molecule has 1 saturated heterocycles. The van der Waals surface area contributed by atoms with E-state index in [1.807, 2.05) is 19.2 Å². The zero-order valence-corrected chi connectivity index (χ0v) is 12.5. The van der Waals surface area contributed by atoms with Crippen LogP contribution in [0.2, 0.25) is 0 Å². The van der Waals surface area contributed by atoms with Crippen LogP contribution in [0.1, 0.15) is 13.3 Å². The number of aromatic nitrogens is 2. The fourth-order valence-corrected chi connectivity index (χ4v) is 4.07. The van der Waals surface area contributed by atoms with E-state index in [1.54, 1.807) is 17.9 Å². The first-order valence-electron chi connectivity index (χ1n) is 6.58. The van der Waals surface area contributed by atoms with Crippen molar-refractivity contribution in [1.29, 1.82) is 0 Å². The summed E-state index contributed by atoms with van der Waals surface area (Å²) in [6.07, 6.45) is 4.03. The Morgan fingerprint density at radius 1 is 1.60 bits per heavy atom. The predicted molar refractivity (Wildman–Crippen MR) is 75.0 cm³/mol. The van der Waals surface area contributed by atoms with Gasteiger partial charge in [-0.25, -0.2) is 13.2 Å². The lowest BCUT2D eigenvalue weighted by molar-refractivity contribution is 0.190. The van der Waals surface area contributed by atoms with Gasteiger partial charge in [0.1, 0.15) is 0 Å². The van der Waals surface area contributed by atoms with E-state index in [0.29, 0.717) is 13.0 Å². The van der Waals surface area contributed by atoms with Gasteiger partial charge in [0.05, 0.1) is 18.1 Å². The second-order valence-corrected chi connectivity index (χ2v) is 7.48. The average molecular weight is 300 g/mol. The summed E-state index contributed by atoms with van der Waals surface area (Å²) in [4.78, 5) is 13.6. The van der Waals surface area contributed by atoms with Crippen LogP contribution in [0.4, 0.5) is 4.79 Å². The maximum Gasteiger partial charge on any atom is 0.317 e. The molecule has 0 saturated carbocycles. The predicted octanol–water partition coefficient (Wildman–Crippen LogP) is 0.100. The molecule has 0 bridgehead atoms. The summed E-state index contributed by atoms with van der Waals surface area (Å²) in [6, 6.07) is 1.27. The molecule has 2 amide bonds. The lowest BCUT2D eigenvalue weighted by atomic mass is 10.2. The van der Waals surface area contributed by atoms with E-state index in [0.717, 1.165) is 0 Å². The maximum absolute atomic E-state index is 12.1. The first-order valence-corrected chi connectivity index (χ1v) is 8.41. The number of nitrogens with zero attached hydrogens (tertiary/aromatic N) is 3. The number of nitrogens with one attached hydrogen (secondary N) is 1. The Labute approximate surface area is 118 Å². The summed E-state index contributed by atoms with van der Waals surface area (Å²) >= 11 is 0. The molecule has 20 heavy (non-hydrogen) atoms. The second-order valence-electron chi connectivity index (χ2n) is 5.25. The van der Waals surface area contributed by atoms with E-state index in [9.17, 15) is 13.2 Å². The number of hydrogen-bond donors (Lipinski definition) is 1. The van der Waals surface area contributed by atoms with Crippen molar-refractivity contribution in [3.8, 4) is 0 Å². The molecule has 0 spiro atoms. The average Bonchev–Trinajstić information content (AvgIpc) is 2.97. The topological polar surface area (TPSA) is 84.3 Å². The molecule has 2 heterocycles. The molecule has 1 aromatic rings. The van der Waals surface area contributed by atoms with Gasteiger partial charge in [0.25, 0.3) is 0 Å². The van der Waals surface area contributed by atoms with Gasteiger partial charge in [-0.2, -0.15) is 5.10 Å². The maximum atomic E-state index is 12.1. The van der Waals surface area contributed by atoms with Crippen molar-refractivity contribution in [3.05, 3.63) is 18.5 Å². The van der Waals surface area contributed by atoms with Crippen LogP contribution in [-0.2, 0) is 16.4 Å². The molecule has 1 N–H and O–H groups in total. The highest BCUT2D eigenvalue weighted by Gasteiger charge is 2.32. The van der Waals surface area contributed by atoms with Crippen LogP contribution >= 0.6 is 0 Å². The number of carbonyl (C=O) groups is 1. The summed E-state index contributed by atoms with van der Waals surface area (Å²) in [5, 5.41) is 6.93. The van der Waals surface area contributed by atoms with Crippen LogP contribution in [0.3, 0.4) is 0 Å². The van der Waals surface area contributed by atoms with Crippen LogP contribution in [0.25, 0.3) is 0 Å². The number of amides is 2. The minimum absolute atomic E-state index is 0.0600. The Hall–Kier alpha value is -1.57. The first kappa shape index (κ1) is 14.8. The molecule has 0 radical (unpaired) electrons. The SMILES string of the molecule is C[C@@H](Cn1cccn1)NC(=O)N(C)[C@H]1CCS(=O)(=O)C1. The third kappa shape index (κ3) is 3.72. The summed E-state index contributed by atoms with van der Waals surface area (Å²) in [5.74, 6) is 0.225. The van der Waals surface area contributed by atoms with Crippen LogP contribution < -0.4 is 5.32 Å². The summed E-state index contributed by atoms with van der Waals surface area (Å²) in [5.41, 5.74) is 0. The van der Waals surface area contributed by atoms with Gasteiger partial charge < -0.3 is 10.2 Å². The van der Waals surface area contributed by atoms with Gasteiger partial charge in [-0.05, 0) is 19.4 Å². The van der Waals surface area contributed by atoms with Gasteiger partial charge in [0.2, 0.25) is 0 Å². The number of carbonyl (C=O) groups excluding carboxylic acids is 1. The van der Waals surface area contributed by atoms with Crippen molar-refractivity contribution >= 4 is 15.9 Å². The summed E-state index contributed by atoms with van der Waals surface area (Å²) in [6.45, 7) is 2.47. The van der Waals surface area contributed by atoms with E-state index in [1.165, 1.54) is 4.90 Å². The minimum atomic E-state index is -2.98. The van der Waals surface area contributed by atoms with Gasteiger partial charge in [0, 0.05) is 31.5 Å². The molecule has 1 fully saturated rings. The van der Waals surface area contributed by atoms with Crippen molar-refractivity contribution in [3.63, 3.8) is 0 Å². The number of sulfone groups is 1. The minimum Gasteiger partial charge on any atom is -0.334 e. The van der Waals surface area contributed by atoms with Crippen LogP contribution in [-0.4, -0.2) is 59.8 Å². The second kappa shape index (κ2) is 5.82. The first-order chi connectivity index (χ1) is 9.37. The fourth-order valence-electron chi connectivity index (χ4n) is 2.29. The van der Waals surface area contributed by atoms with Crippen LogP contribution in [0, 0.1) is 0 Å². The van der Waals surface area contributed by atoms with E-state index < -0.39 is 9.84 Å². The van der Waals surface area contributed by atoms with Gasteiger partial charge in [-0.3, -0.25) is 4.68 Å². The van der Waals surface area contributed by atoms with E-state index in [-0.39, 0.29) is 29.6 Å². The Bertz CT molecular complexity index is 555. The van der Waals surface area contributed by atoms with Crippen LogP contribution in [0.5, 0.6) is 0 Å². The molecule has 8 heteroatoms. The molecule has 1 aliphatic heterocycles. The standard InChI is InChI=1S/C12H20N4O3S/c1-10(8-16-6-3-5-13-16)14-12(17)15(2)11-4-7-20(18,19)9-11/h3,5-6,10-11H,4,7-9H2,1-2H3,(H,14,17)/t10-,11-/m0/s1. The number of hydrogen-bond acceptors (Lipinski definition) is 4. The normalized spacial score (nSPS) is 22.4.